The van der Waals surface area contributed by atoms with E-state index in [1.807, 2.05) is 66.7 Å². The monoisotopic (exact) mass is 587 g/mol. The zero-order chi connectivity index (χ0) is 31.0. The van der Waals surface area contributed by atoms with Crippen molar-refractivity contribution in [2.75, 3.05) is 0 Å². The van der Waals surface area contributed by atoms with Crippen molar-refractivity contribution < 1.29 is 9.31 Å². The topological polar surface area (TPSA) is 57.1 Å². The maximum atomic E-state index is 6.54. The van der Waals surface area contributed by atoms with E-state index in [-0.39, 0.29) is 0 Å². The van der Waals surface area contributed by atoms with E-state index in [1.54, 1.807) is 0 Å². The third-order valence-corrected chi connectivity index (χ3v) is 8.74. The molecule has 1 fully saturated rings. The molecule has 1 aliphatic heterocycles. The molecule has 5 aromatic carbocycles. The Kier molecular flexibility index (Phi) is 7.40. The van der Waals surface area contributed by atoms with E-state index < -0.39 is 18.3 Å². The van der Waals surface area contributed by atoms with Gasteiger partial charge in [-0.2, -0.15) is 0 Å². The summed E-state index contributed by atoms with van der Waals surface area (Å²) in [5, 5.41) is 0. The lowest BCUT2D eigenvalue weighted by Gasteiger charge is -2.32. The predicted molar refractivity (Wildman–Crippen MR) is 183 cm³/mol. The van der Waals surface area contributed by atoms with E-state index >= 15 is 0 Å². The molecule has 0 spiro atoms. The SMILES string of the molecule is CC1(C)OB(c2cc(-c3cccc(-c4ccccc4)c3)cc(-c3nc(-c4ccccc4)nc(-c4ccccc4)n3)c2)OC1(C)C. The molecule has 2 heterocycles. The molecule has 6 aromatic rings. The lowest BCUT2D eigenvalue weighted by Crippen LogP contribution is -2.41. The summed E-state index contributed by atoms with van der Waals surface area (Å²) in [6.07, 6.45) is 0. The molecule has 6 heteroatoms. The van der Waals surface area contributed by atoms with Crippen molar-refractivity contribution in [2.45, 2.75) is 38.9 Å². The lowest BCUT2D eigenvalue weighted by atomic mass is 9.76. The summed E-state index contributed by atoms with van der Waals surface area (Å²) in [6, 6.07) is 45.5. The van der Waals surface area contributed by atoms with Crippen molar-refractivity contribution in [3.63, 3.8) is 0 Å². The predicted octanol–water partition coefficient (Wildman–Crippen LogP) is 8.51. The Morgan fingerprint density at radius 3 is 1.29 bits per heavy atom. The fourth-order valence-electron chi connectivity index (χ4n) is 5.51. The second kappa shape index (κ2) is 11.5. The highest BCUT2D eigenvalue weighted by molar-refractivity contribution is 6.62. The molecule has 0 amide bonds. The molecule has 0 N–H and O–H groups in total. The second-order valence-electron chi connectivity index (χ2n) is 12.4. The van der Waals surface area contributed by atoms with Crippen LogP contribution >= 0.6 is 0 Å². The first-order valence-electron chi connectivity index (χ1n) is 15.3. The van der Waals surface area contributed by atoms with Gasteiger partial charge < -0.3 is 9.31 Å². The van der Waals surface area contributed by atoms with Crippen LogP contribution in [0.3, 0.4) is 0 Å². The molecule has 220 valence electrons. The van der Waals surface area contributed by atoms with Crippen molar-refractivity contribution in [1.82, 2.24) is 15.0 Å². The normalized spacial score (nSPS) is 15.2. The highest BCUT2D eigenvalue weighted by Crippen LogP contribution is 2.37. The van der Waals surface area contributed by atoms with Gasteiger partial charge in [-0.05, 0) is 67.5 Å². The van der Waals surface area contributed by atoms with Gasteiger partial charge in [0.15, 0.2) is 17.5 Å². The summed E-state index contributed by atoms with van der Waals surface area (Å²) < 4.78 is 13.1. The molecule has 0 saturated carbocycles. The first-order valence-corrected chi connectivity index (χ1v) is 15.3. The molecule has 0 bridgehead atoms. The van der Waals surface area contributed by atoms with Gasteiger partial charge in [0, 0.05) is 16.7 Å². The average Bonchev–Trinajstić information content (AvgIpc) is 3.31. The molecule has 1 aromatic heterocycles. The minimum atomic E-state index is -0.546. The number of aromatic nitrogens is 3. The summed E-state index contributed by atoms with van der Waals surface area (Å²) in [5.74, 6) is 1.82. The summed E-state index contributed by atoms with van der Waals surface area (Å²) in [6.45, 7) is 8.30. The maximum Gasteiger partial charge on any atom is 0.494 e. The molecule has 0 unspecified atom stereocenters. The molecule has 1 saturated heterocycles. The highest BCUT2D eigenvalue weighted by Gasteiger charge is 2.51. The van der Waals surface area contributed by atoms with Gasteiger partial charge in [-0.15, -0.1) is 0 Å². The standard InChI is InChI=1S/C39H34BN3O2/c1-38(2)39(3,4)45-40(44-38)34-25-32(31-22-14-21-30(23-31)27-15-8-5-9-16-27)24-33(26-34)37-42-35(28-17-10-6-11-18-28)41-36(43-37)29-19-12-7-13-20-29/h5-26H,1-4H3. The fourth-order valence-corrected chi connectivity index (χ4v) is 5.51. The van der Waals surface area contributed by atoms with Crippen LogP contribution in [-0.2, 0) is 9.31 Å². The molecule has 5 nitrogen and oxygen atoms in total. The van der Waals surface area contributed by atoms with E-state index in [1.165, 1.54) is 5.56 Å². The van der Waals surface area contributed by atoms with Gasteiger partial charge in [-0.25, -0.2) is 15.0 Å². The second-order valence-corrected chi connectivity index (χ2v) is 12.4. The Bertz CT molecular complexity index is 1890. The van der Waals surface area contributed by atoms with Crippen LogP contribution in [0.25, 0.3) is 56.4 Å². The van der Waals surface area contributed by atoms with Gasteiger partial charge in [0.2, 0.25) is 0 Å². The van der Waals surface area contributed by atoms with E-state index in [4.69, 9.17) is 24.3 Å². The van der Waals surface area contributed by atoms with Crippen LogP contribution in [0.2, 0.25) is 0 Å². The van der Waals surface area contributed by atoms with Gasteiger partial charge >= 0.3 is 7.12 Å². The summed E-state index contributed by atoms with van der Waals surface area (Å²) in [5.41, 5.74) is 7.09. The van der Waals surface area contributed by atoms with Crippen molar-refractivity contribution >= 4 is 12.6 Å². The molecule has 0 radical (unpaired) electrons. The number of hydrogen-bond donors (Lipinski definition) is 0. The van der Waals surface area contributed by atoms with Crippen LogP contribution in [0, 0.1) is 0 Å². The highest BCUT2D eigenvalue weighted by atomic mass is 16.7. The Hall–Kier alpha value is -4.91. The Morgan fingerprint density at radius 2 is 0.778 bits per heavy atom. The van der Waals surface area contributed by atoms with Gasteiger partial charge in [0.1, 0.15) is 0 Å². The smallest absolute Gasteiger partial charge is 0.399 e. The fraction of sp³-hybridized carbons (Fsp3) is 0.154. The molecular weight excluding hydrogens is 553 g/mol. The van der Waals surface area contributed by atoms with E-state index in [2.05, 4.69) is 94.4 Å². The average molecular weight is 588 g/mol. The molecule has 0 aliphatic carbocycles. The van der Waals surface area contributed by atoms with Crippen molar-refractivity contribution in [2.24, 2.45) is 0 Å². The Morgan fingerprint density at radius 1 is 0.400 bits per heavy atom. The van der Waals surface area contributed by atoms with Gasteiger partial charge in [-0.1, -0.05) is 121 Å². The summed E-state index contributed by atoms with van der Waals surface area (Å²) in [4.78, 5) is 14.9. The van der Waals surface area contributed by atoms with E-state index in [0.29, 0.717) is 17.5 Å². The largest absolute Gasteiger partial charge is 0.494 e. The minimum Gasteiger partial charge on any atom is -0.399 e. The Labute approximate surface area is 265 Å². The minimum absolute atomic E-state index is 0.477. The first kappa shape index (κ1) is 28.8. The Balaban J connectivity index is 1.41. The van der Waals surface area contributed by atoms with Crippen LogP contribution in [0.15, 0.2) is 133 Å². The number of nitrogens with zero attached hydrogens (tertiary/aromatic N) is 3. The molecule has 1 aliphatic rings. The molecular formula is C39H34BN3O2. The number of rotatable bonds is 6. The van der Waals surface area contributed by atoms with Crippen molar-refractivity contribution in [1.29, 1.82) is 0 Å². The van der Waals surface area contributed by atoms with E-state index in [9.17, 15) is 0 Å². The van der Waals surface area contributed by atoms with Gasteiger partial charge in [-0.3, -0.25) is 0 Å². The summed E-state index contributed by atoms with van der Waals surface area (Å²) in [7, 11) is -0.546. The zero-order valence-corrected chi connectivity index (χ0v) is 25.9. The third-order valence-electron chi connectivity index (χ3n) is 8.74. The van der Waals surface area contributed by atoms with Crippen molar-refractivity contribution in [3.05, 3.63) is 133 Å². The lowest BCUT2D eigenvalue weighted by molar-refractivity contribution is 0.00578. The van der Waals surface area contributed by atoms with Gasteiger partial charge in [0.05, 0.1) is 11.2 Å². The quantitative estimate of drug-likeness (QED) is 0.183. The van der Waals surface area contributed by atoms with Crippen LogP contribution in [0.1, 0.15) is 27.7 Å². The summed E-state index contributed by atoms with van der Waals surface area (Å²) >= 11 is 0. The molecule has 0 atom stereocenters. The zero-order valence-electron chi connectivity index (χ0n) is 25.9. The van der Waals surface area contributed by atoms with Crippen LogP contribution in [0.5, 0.6) is 0 Å². The van der Waals surface area contributed by atoms with E-state index in [0.717, 1.165) is 38.8 Å². The van der Waals surface area contributed by atoms with Crippen LogP contribution in [0.4, 0.5) is 0 Å². The van der Waals surface area contributed by atoms with Crippen LogP contribution in [-0.4, -0.2) is 33.3 Å². The molecule has 7 rings (SSSR count). The third kappa shape index (κ3) is 5.83. The molecule has 45 heavy (non-hydrogen) atoms. The number of hydrogen-bond acceptors (Lipinski definition) is 5. The maximum absolute atomic E-state index is 6.54. The van der Waals surface area contributed by atoms with Gasteiger partial charge in [0.25, 0.3) is 0 Å². The van der Waals surface area contributed by atoms with Crippen LogP contribution < -0.4 is 5.46 Å². The number of benzene rings is 5. The first-order chi connectivity index (χ1) is 21.8. The van der Waals surface area contributed by atoms with Crippen molar-refractivity contribution in [3.8, 4) is 56.4 Å².